The monoisotopic (exact) mass is 114 g/mol. The number of nitrogens with one attached hydrogen (secondary N) is 2. The summed E-state index contributed by atoms with van der Waals surface area (Å²) >= 11 is 0. The molecule has 0 aliphatic carbocycles. The van der Waals surface area contributed by atoms with E-state index in [1.165, 1.54) is 0 Å². The molecule has 3 fully saturated rings. The molecule has 3 nitrogen and oxygen atoms in total. The van der Waals surface area contributed by atoms with E-state index in [-0.39, 0.29) is 11.4 Å². The number of hydrogen-bond donors (Lipinski definition) is 2. The molecular weight excluding hydrogens is 104 g/mol. The highest BCUT2D eigenvalue weighted by atomic mass is 16.7. The molecule has 3 aliphatic rings. The number of hydroxylamine groups is 1. The van der Waals surface area contributed by atoms with Crippen LogP contribution in [0.5, 0.6) is 0 Å². The van der Waals surface area contributed by atoms with Crippen molar-refractivity contribution in [1.29, 1.82) is 0 Å². The number of rotatable bonds is 0. The van der Waals surface area contributed by atoms with E-state index < -0.39 is 0 Å². The average molecular weight is 114 g/mol. The maximum Gasteiger partial charge on any atom is 0.142 e. The first kappa shape index (κ1) is 4.73. The third-order valence-corrected chi connectivity index (χ3v) is 1.73. The van der Waals surface area contributed by atoms with Gasteiger partial charge in [-0.25, -0.2) is 0 Å². The van der Waals surface area contributed by atoms with Crippen LogP contribution >= 0.6 is 0 Å². The molecule has 0 aromatic rings. The predicted octanol–water partition coefficient (Wildman–Crippen LogP) is -0.0531. The SMILES string of the molecule is CC12CC(C)(N1)ON2. The van der Waals surface area contributed by atoms with Crippen LogP contribution in [-0.2, 0) is 4.84 Å². The van der Waals surface area contributed by atoms with E-state index in [9.17, 15) is 0 Å². The lowest BCUT2D eigenvalue weighted by Gasteiger charge is -2.39. The average Bonchev–Trinajstić information content (AvgIpc) is 1.88. The zero-order chi connectivity index (χ0) is 5.83. The summed E-state index contributed by atoms with van der Waals surface area (Å²) in [4.78, 5) is 5.16. The van der Waals surface area contributed by atoms with Gasteiger partial charge in [0, 0.05) is 6.42 Å². The van der Waals surface area contributed by atoms with E-state index in [1.807, 2.05) is 6.92 Å². The van der Waals surface area contributed by atoms with Crippen molar-refractivity contribution in [3.63, 3.8) is 0 Å². The predicted molar refractivity (Wildman–Crippen MR) is 28.8 cm³/mol. The van der Waals surface area contributed by atoms with Gasteiger partial charge in [-0.1, -0.05) is 0 Å². The summed E-state index contributed by atoms with van der Waals surface area (Å²) in [5.74, 6) is 0. The molecule has 3 heterocycles. The minimum absolute atomic E-state index is 0.0608. The number of hydrogen-bond acceptors (Lipinski definition) is 3. The van der Waals surface area contributed by atoms with Crippen LogP contribution in [0, 0.1) is 0 Å². The van der Waals surface area contributed by atoms with E-state index in [1.54, 1.807) is 0 Å². The lowest BCUT2D eigenvalue weighted by molar-refractivity contribution is -0.0366. The minimum Gasteiger partial charge on any atom is -0.278 e. The van der Waals surface area contributed by atoms with Crippen LogP contribution in [0.4, 0.5) is 0 Å². The Morgan fingerprint density at radius 3 is 2.25 bits per heavy atom. The van der Waals surface area contributed by atoms with Gasteiger partial charge in [-0.15, -0.1) is 0 Å². The smallest absolute Gasteiger partial charge is 0.142 e. The second-order valence-corrected chi connectivity index (χ2v) is 3.07. The fourth-order valence-electron chi connectivity index (χ4n) is 1.59. The van der Waals surface area contributed by atoms with Crippen LogP contribution in [0.25, 0.3) is 0 Å². The standard InChI is InChI=1S/C5H10N2O/c1-4-3-5(2,6-4)8-7-4/h6-7H,3H2,1-2H3. The lowest BCUT2D eigenvalue weighted by Crippen LogP contribution is -2.64. The molecule has 0 spiro atoms. The first-order chi connectivity index (χ1) is 3.62. The molecule has 8 heavy (non-hydrogen) atoms. The molecule has 0 radical (unpaired) electrons. The van der Waals surface area contributed by atoms with Gasteiger partial charge in [-0.2, -0.15) is 5.48 Å². The van der Waals surface area contributed by atoms with E-state index in [4.69, 9.17) is 4.84 Å². The lowest BCUT2D eigenvalue weighted by atomic mass is 9.92. The van der Waals surface area contributed by atoms with Crippen molar-refractivity contribution in [2.24, 2.45) is 0 Å². The zero-order valence-electron chi connectivity index (χ0n) is 5.12. The third-order valence-electron chi connectivity index (χ3n) is 1.73. The van der Waals surface area contributed by atoms with Gasteiger partial charge < -0.3 is 0 Å². The Labute approximate surface area is 48.4 Å². The molecule has 0 saturated carbocycles. The quantitative estimate of drug-likeness (QED) is 0.463. The molecule has 0 aromatic heterocycles. The van der Waals surface area contributed by atoms with Gasteiger partial charge in [0.25, 0.3) is 0 Å². The first-order valence-electron chi connectivity index (χ1n) is 2.87. The Morgan fingerprint density at radius 2 is 2.12 bits per heavy atom. The van der Waals surface area contributed by atoms with Gasteiger partial charge in [0.1, 0.15) is 5.72 Å². The van der Waals surface area contributed by atoms with Gasteiger partial charge >= 0.3 is 0 Å². The van der Waals surface area contributed by atoms with Crippen LogP contribution in [0.2, 0.25) is 0 Å². The summed E-state index contributed by atoms with van der Waals surface area (Å²) in [7, 11) is 0. The van der Waals surface area contributed by atoms with Crippen LogP contribution in [0.15, 0.2) is 0 Å². The van der Waals surface area contributed by atoms with Gasteiger partial charge in [0.2, 0.25) is 0 Å². The Bertz CT molecular complexity index is 114. The highest BCUT2D eigenvalue weighted by molar-refractivity contribution is 5.04. The van der Waals surface area contributed by atoms with Crippen molar-refractivity contribution in [1.82, 2.24) is 10.8 Å². The summed E-state index contributed by atoms with van der Waals surface area (Å²) in [6, 6.07) is 0. The molecule has 3 saturated heterocycles. The van der Waals surface area contributed by atoms with E-state index >= 15 is 0 Å². The zero-order valence-corrected chi connectivity index (χ0v) is 5.12. The fraction of sp³-hybridized carbons (Fsp3) is 1.00. The fourth-order valence-corrected chi connectivity index (χ4v) is 1.59. The second kappa shape index (κ2) is 0.943. The Hall–Kier alpha value is -0.120. The molecular formula is C5H10N2O. The Kier molecular flexibility index (Phi) is 0.558. The van der Waals surface area contributed by atoms with Crippen LogP contribution < -0.4 is 10.8 Å². The maximum atomic E-state index is 5.16. The summed E-state index contributed by atoms with van der Waals surface area (Å²) in [5.41, 5.74) is 2.92. The van der Waals surface area contributed by atoms with E-state index in [0.717, 1.165) is 6.42 Å². The summed E-state index contributed by atoms with van der Waals surface area (Å²) in [6.07, 6.45) is 1.07. The highest BCUT2D eigenvalue weighted by Gasteiger charge is 2.56. The third kappa shape index (κ3) is 0.393. The van der Waals surface area contributed by atoms with Crippen molar-refractivity contribution in [2.75, 3.05) is 0 Å². The number of fused-ring (bicyclic) bond motifs is 1. The van der Waals surface area contributed by atoms with E-state index in [2.05, 4.69) is 17.7 Å². The van der Waals surface area contributed by atoms with Crippen molar-refractivity contribution < 1.29 is 4.84 Å². The van der Waals surface area contributed by atoms with E-state index in [0.29, 0.717) is 0 Å². The van der Waals surface area contributed by atoms with Crippen LogP contribution in [0.3, 0.4) is 0 Å². The first-order valence-corrected chi connectivity index (χ1v) is 2.87. The normalized spacial score (nSPS) is 60.8. The highest BCUT2D eigenvalue weighted by Crippen LogP contribution is 2.37. The molecule has 46 valence electrons. The van der Waals surface area contributed by atoms with Crippen molar-refractivity contribution in [2.45, 2.75) is 31.7 Å². The molecule has 2 atom stereocenters. The molecule has 2 N–H and O–H groups in total. The molecule has 3 rings (SSSR count). The van der Waals surface area contributed by atoms with Gasteiger partial charge in [-0.3, -0.25) is 10.2 Å². The van der Waals surface area contributed by atoms with Crippen molar-refractivity contribution in [3.05, 3.63) is 0 Å². The molecule has 2 bridgehead atoms. The molecule has 2 unspecified atom stereocenters. The molecule has 0 amide bonds. The van der Waals surface area contributed by atoms with Gasteiger partial charge in [0.05, 0.1) is 5.66 Å². The minimum atomic E-state index is -0.0608. The summed E-state index contributed by atoms with van der Waals surface area (Å²) < 4.78 is 0. The van der Waals surface area contributed by atoms with Gasteiger partial charge in [-0.05, 0) is 13.8 Å². The van der Waals surface area contributed by atoms with Crippen molar-refractivity contribution in [3.8, 4) is 0 Å². The molecule has 3 heteroatoms. The Morgan fingerprint density at radius 1 is 1.50 bits per heavy atom. The topological polar surface area (TPSA) is 33.3 Å². The largest absolute Gasteiger partial charge is 0.278 e. The van der Waals surface area contributed by atoms with Crippen LogP contribution in [-0.4, -0.2) is 11.4 Å². The summed E-state index contributed by atoms with van der Waals surface area (Å²) in [6.45, 7) is 4.12. The Balaban J connectivity index is 2.22. The second-order valence-electron chi connectivity index (χ2n) is 3.07. The van der Waals surface area contributed by atoms with Gasteiger partial charge in [0.15, 0.2) is 0 Å². The van der Waals surface area contributed by atoms with Crippen molar-refractivity contribution >= 4 is 0 Å². The summed E-state index contributed by atoms with van der Waals surface area (Å²) in [5, 5.41) is 3.24. The molecule has 3 aliphatic heterocycles. The molecule has 0 aromatic carbocycles. The maximum absolute atomic E-state index is 5.16. The van der Waals surface area contributed by atoms with Crippen LogP contribution in [0.1, 0.15) is 20.3 Å².